The first-order valence-corrected chi connectivity index (χ1v) is 8.07. The molecule has 0 saturated carbocycles. The number of aromatic nitrogens is 2. The van der Waals surface area contributed by atoms with E-state index in [4.69, 9.17) is 16.1 Å². The van der Waals surface area contributed by atoms with E-state index in [1.807, 2.05) is 24.3 Å². The van der Waals surface area contributed by atoms with Gasteiger partial charge in [0.25, 0.3) is 0 Å². The Bertz CT molecular complexity index is 569. The molecule has 1 fully saturated rings. The van der Waals surface area contributed by atoms with Gasteiger partial charge in [0.1, 0.15) is 0 Å². The average molecular weight is 310 g/mol. The van der Waals surface area contributed by atoms with Crippen molar-refractivity contribution in [2.75, 3.05) is 13.1 Å². The third-order valence-electron chi connectivity index (χ3n) is 3.33. The maximum Gasteiger partial charge on any atom is 0.226 e. The fourth-order valence-corrected chi connectivity index (χ4v) is 3.35. The summed E-state index contributed by atoms with van der Waals surface area (Å²) < 4.78 is 5.31. The van der Waals surface area contributed by atoms with Crippen LogP contribution in [0.1, 0.15) is 18.1 Å². The van der Waals surface area contributed by atoms with E-state index in [0.717, 1.165) is 41.1 Å². The van der Waals surface area contributed by atoms with Crippen LogP contribution < -0.4 is 5.32 Å². The smallest absolute Gasteiger partial charge is 0.226 e. The number of thioether (sulfide) groups is 1. The van der Waals surface area contributed by atoms with Gasteiger partial charge in [0.2, 0.25) is 5.89 Å². The fourth-order valence-electron chi connectivity index (χ4n) is 2.27. The van der Waals surface area contributed by atoms with Crippen LogP contribution in [0.3, 0.4) is 0 Å². The van der Waals surface area contributed by atoms with Gasteiger partial charge >= 0.3 is 0 Å². The van der Waals surface area contributed by atoms with Crippen LogP contribution in [0.25, 0.3) is 0 Å². The molecule has 1 aromatic carbocycles. The number of nitrogens with one attached hydrogen (secondary N) is 1. The van der Waals surface area contributed by atoms with Crippen molar-refractivity contribution in [3.05, 3.63) is 41.0 Å². The number of rotatable bonds is 5. The van der Waals surface area contributed by atoms with E-state index >= 15 is 0 Å². The largest absolute Gasteiger partial charge is 0.339 e. The summed E-state index contributed by atoms with van der Waals surface area (Å²) in [4.78, 5) is 5.49. The van der Waals surface area contributed by atoms with Crippen LogP contribution in [0, 0.1) is 5.92 Å². The monoisotopic (exact) mass is 309 g/mol. The van der Waals surface area contributed by atoms with Crippen LogP contribution in [0.4, 0.5) is 0 Å². The van der Waals surface area contributed by atoms with Crippen LogP contribution >= 0.6 is 23.4 Å². The van der Waals surface area contributed by atoms with Crippen molar-refractivity contribution in [1.29, 1.82) is 0 Å². The van der Waals surface area contributed by atoms with Gasteiger partial charge in [-0.15, -0.1) is 11.8 Å². The van der Waals surface area contributed by atoms with E-state index in [9.17, 15) is 0 Å². The Morgan fingerprint density at radius 1 is 1.40 bits per heavy atom. The minimum Gasteiger partial charge on any atom is -0.339 e. The van der Waals surface area contributed by atoms with Crippen LogP contribution in [0.15, 0.2) is 33.7 Å². The number of nitrogens with zero attached hydrogens (tertiary/aromatic N) is 2. The molecule has 6 heteroatoms. The third kappa shape index (κ3) is 3.53. The quantitative estimate of drug-likeness (QED) is 0.860. The number of benzene rings is 1. The van der Waals surface area contributed by atoms with Crippen molar-refractivity contribution in [2.24, 2.45) is 5.92 Å². The van der Waals surface area contributed by atoms with Gasteiger partial charge in [-0.2, -0.15) is 4.98 Å². The lowest BCUT2D eigenvalue weighted by Crippen LogP contribution is -2.10. The van der Waals surface area contributed by atoms with Gasteiger partial charge in [-0.25, -0.2) is 0 Å². The van der Waals surface area contributed by atoms with Crippen molar-refractivity contribution in [3.63, 3.8) is 0 Å². The topological polar surface area (TPSA) is 51.0 Å². The van der Waals surface area contributed by atoms with E-state index in [1.54, 1.807) is 11.8 Å². The Labute approximate surface area is 127 Å². The molecule has 1 aliphatic heterocycles. The molecular formula is C14H16ClN3OS. The summed E-state index contributed by atoms with van der Waals surface area (Å²) >= 11 is 7.74. The normalized spacial score (nSPS) is 18.6. The molecule has 1 unspecified atom stereocenters. The summed E-state index contributed by atoms with van der Waals surface area (Å²) in [5.41, 5.74) is 0. The highest BCUT2D eigenvalue weighted by Gasteiger charge is 2.18. The highest BCUT2D eigenvalue weighted by Crippen LogP contribution is 2.28. The molecule has 1 aromatic heterocycles. The van der Waals surface area contributed by atoms with Gasteiger partial charge in [0, 0.05) is 11.3 Å². The molecule has 3 rings (SSSR count). The molecule has 1 atom stereocenters. The van der Waals surface area contributed by atoms with Gasteiger partial charge in [0.05, 0.1) is 10.8 Å². The molecule has 2 aromatic rings. The summed E-state index contributed by atoms with van der Waals surface area (Å²) in [6.45, 7) is 2.14. The van der Waals surface area contributed by atoms with E-state index in [0.29, 0.717) is 11.7 Å². The van der Waals surface area contributed by atoms with Gasteiger partial charge in [0.15, 0.2) is 5.82 Å². The Kier molecular flexibility index (Phi) is 4.60. The summed E-state index contributed by atoms with van der Waals surface area (Å²) in [5, 5.41) is 8.14. The van der Waals surface area contributed by atoms with E-state index in [-0.39, 0.29) is 0 Å². The van der Waals surface area contributed by atoms with Crippen LogP contribution in [-0.4, -0.2) is 23.2 Å². The SMILES string of the molecule is Clc1ccccc1SCc1noc(CC2CCNC2)n1. The lowest BCUT2D eigenvalue weighted by molar-refractivity contribution is 0.354. The Morgan fingerprint density at radius 2 is 2.30 bits per heavy atom. The molecule has 20 heavy (non-hydrogen) atoms. The highest BCUT2D eigenvalue weighted by molar-refractivity contribution is 7.98. The Hall–Kier alpha value is -1.04. The first-order chi connectivity index (χ1) is 9.81. The predicted octanol–water partition coefficient (Wildman–Crippen LogP) is 3.17. The lowest BCUT2D eigenvalue weighted by atomic mass is 10.1. The van der Waals surface area contributed by atoms with Crippen molar-refractivity contribution >= 4 is 23.4 Å². The Morgan fingerprint density at radius 3 is 3.10 bits per heavy atom. The van der Waals surface area contributed by atoms with Crippen molar-refractivity contribution < 1.29 is 4.52 Å². The second-order valence-corrected chi connectivity index (χ2v) is 6.31. The maximum atomic E-state index is 6.12. The van der Waals surface area contributed by atoms with Crippen molar-refractivity contribution in [1.82, 2.24) is 15.5 Å². The van der Waals surface area contributed by atoms with E-state index in [2.05, 4.69) is 15.5 Å². The molecule has 106 valence electrons. The van der Waals surface area contributed by atoms with Gasteiger partial charge in [-0.1, -0.05) is 28.9 Å². The molecule has 0 amide bonds. The van der Waals surface area contributed by atoms with Crippen LogP contribution in [0.2, 0.25) is 5.02 Å². The molecule has 0 bridgehead atoms. The predicted molar refractivity (Wildman–Crippen MR) is 80.0 cm³/mol. The highest BCUT2D eigenvalue weighted by atomic mass is 35.5. The van der Waals surface area contributed by atoms with Crippen molar-refractivity contribution in [2.45, 2.75) is 23.5 Å². The minimum atomic E-state index is 0.625. The molecule has 4 nitrogen and oxygen atoms in total. The molecule has 1 N–H and O–H groups in total. The van der Waals surface area contributed by atoms with Gasteiger partial charge < -0.3 is 9.84 Å². The van der Waals surface area contributed by atoms with E-state index < -0.39 is 0 Å². The molecule has 1 aliphatic rings. The summed E-state index contributed by atoms with van der Waals surface area (Å²) in [6, 6.07) is 7.79. The number of hydrogen-bond acceptors (Lipinski definition) is 5. The molecular weight excluding hydrogens is 294 g/mol. The third-order valence-corrected chi connectivity index (χ3v) is 4.84. The zero-order chi connectivity index (χ0) is 13.8. The summed E-state index contributed by atoms with van der Waals surface area (Å²) in [7, 11) is 0. The number of halogens is 1. The molecule has 0 aliphatic carbocycles. The van der Waals surface area contributed by atoms with Gasteiger partial charge in [-0.05, 0) is 37.6 Å². The fraction of sp³-hybridized carbons (Fsp3) is 0.429. The second kappa shape index (κ2) is 6.61. The van der Waals surface area contributed by atoms with Crippen molar-refractivity contribution in [3.8, 4) is 0 Å². The Balaban J connectivity index is 1.56. The zero-order valence-corrected chi connectivity index (χ0v) is 12.6. The first-order valence-electron chi connectivity index (χ1n) is 6.71. The molecule has 0 spiro atoms. The first kappa shape index (κ1) is 13.9. The number of hydrogen-bond donors (Lipinski definition) is 1. The van der Waals surface area contributed by atoms with Gasteiger partial charge in [-0.3, -0.25) is 0 Å². The zero-order valence-electron chi connectivity index (χ0n) is 11.0. The molecule has 2 heterocycles. The molecule has 1 saturated heterocycles. The maximum absolute atomic E-state index is 6.12. The minimum absolute atomic E-state index is 0.625. The summed E-state index contributed by atoms with van der Waals surface area (Å²) in [5.74, 6) is 2.78. The van der Waals surface area contributed by atoms with E-state index in [1.165, 1.54) is 6.42 Å². The summed E-state index contributed by atoms with van der Waals surface area (Å²) in [6.07, 6.45) is 2.06. The second-order valence-electron chi connectivity index (χ2n) is 4.89. The standard InChI is InChI=1S/C14H16ClN3OS/c15-11-3-1-2-4-12(11)20-9-13-17-14(19-18-13)7-10-5-6-16-8-10/h1-4,10,16H,5-9H2. The van der Waals surface area contributed by atoms with Crippen LogP contribution in [0.5, 0.6) is 0 Å². The average Bonchev–Trinajstić information content (AvgIpc) is 3.10. The van der Waals surface area contributed by atoms with Crippen LogP contribution in [-0.2, 0) is 12.2 Å². The molecule has 0 radical (unpaired) electrons. The lowest BCUT2D eigenvalue weighted by Gasteiger charge is -2.02.